The lowest BCUT2D eigenvalue weighted by molar-refractivity contribution is 0.919. The van der Waals surface area contributed by atoms with Crippen molar-refractivity contribution in [1.82, 2.24) is 0 Å². The maximum atomic E-state index is 7.70. The quantitative estimate of drug-likeness (QED) is 0.659. The van der Waals surface area contributed by atoms with Crippen LogP contribution in [0.1, 0.15) is 16.7 Å². The summed E-state index contributed by atoms with van der Waals surface area (Å²) in [6.07, 6.45) is 0. The zero-order valence-electron chi connectivity index (χ0n) is 10.9. The number of nitrogens with two attached hydrogens (primary N) is 1. The molecule has 0 saturated heterocycles. The number of amidine groups is 1. The Morgan fingerprint density at radius 3 is 2.79 bits per heavy atom. The van der Waals surface area contributed by atoms with Gasteiger partial charge < -0.3 is 10.6 Å². The lowest BCUT2D eigenvalue weighted by atomic mass is 10.1. The standard InChI is InChI=1S/C14H16BrN3S/c1-9-4-3-5-11(14(16)17)13(9)18(2)7-10-6-12(15)19-8-10/h3-6,8H,7H2,1-2H3,(H3,16,17). The van der Waals surface area contributed by atoms with Crippen LogP contribution >= 0.6 is 27.3 Å². The molecule has 0 spiro atoms. The smallest absolute Gasteiger partial charge is 0.124 e. The molecule has 3 nitrogen and oxygen atoms in total. The predicted molar refractivity (Wildman–Crippen MR) is 86.3 cm³/mol. The van der Waals surface area contributed by atoms with Gasteiger partial charge in [0.1, 0.15) is 5.84 Å². The van der Waals surface area contributed by atoms with Crippen LogP contribution in [0.25, 0.3) is 0 Å². The maximum absolute atomic E-state index is 7.70. The lowest BCUT2D eigenvalue weighted by Crippen LogP contribution is -2.22. The number of para-hydroxylation sites is 1. The summed E-state index contributed by atoms with van der Waals surface area (Å²) in [6, 6.07) is 7.99. The van der Waals surface area contributed by atoms with Gasteiger partial charge in [-0.2, -0.15) is 0 Å². The monoisotopic (exact) mass is 337 g/mol. The molecule has 0 amide bonds. The Balaban J connectivity index is 2.32. The van der Waals surface area contributed by atoms with Crippen molar-refractivity contribution in [3.8, 4) is 0 Å². The first-order valence-corrected chi connectivity index (χ1v) is 7.54. The SMILES string of the molecule is Cc1cccc(C(=N)N)c1N(C)Cc1csc(Br)c1. The minimum atomic E-state index is 0.108. The number of nitrogens with zero attached hydrogens (tertiary/aromatic N) is 1. The van der Waals surface area contributed by atoms with Gasteiger partial charge in [-0.25, -0.2) is 0 Å². The van der Waals surface area contributed by atoms with Gasteiger partial charge in [0.15, 0.2) is 0 Å². The highest BCUT2D eigenvalue weighted by molar-refractivity contribution is 9.11. The highest BCUT2D eigenvalue weighted by Gasteiger charge is 2.13. The molecule has 3 N–H and O–H groups in total. The molecule has 1 aromatic heterocycles. The topological polar surface area (TPSA) is 53.1 Å². The zero-order valence-corrected chi connectivity index (χ0v) is 13.3. The van der Waals surface area contributed by atoms with Crippen LogP contribution < -0.4 is 10.6 Å². The van der Waals surface area contributed by atoms with Crippen LogP contribution in [0.5, 0.6) is 0 Å². The van der Waals surface area contributed by atoms with Gasteiger partial charge in [0.2, 0.25) is 0 Å². The summed E-state index contributed by atoms with van der Waals surface area (Å²) in [4.78, 5) is 2.14. The third-order valence-corrected chi connectivity index (χ3v) is 4.50. The van der Waals surface area contributed by atoms with Crippen LogP contribution in [0.15, 0.2) is 33.4 Å². The minimum Gasteiger partial charge on any atom is -0.384 e. The summed E-state index contributed by atoms with van der Waals surface area (Å²) in [5.74, 6) is 0.108. The average Bonchev–Trinajstić information content (AvgIpc) is 2.74. The number of aryl methyl sites for hydroxylation is 1. The van der Waals surface area contributed by atoms with Crippen LogP contribution in [0.4, 0.5) is 5.69 Å². The summed E-state index contributed by atoms with van der Waals surface area (Å²) in [5, 5.41) is 9.83. The molecule has 2 aromatic rings. The third kappa shape index (κ3) is 3.16. The van der Waals surface area contributed by atoms with Crippen LogP contribution in [0.2, 0.25) is 0 Å². The van der Waals surface area contributed by atoms with Gasteiger partial charge in [0, 0.05) is 19.2 Å². The fourth-order valence-electron chi connectivity index (χ4n) is 2.16. The van der Waals surface area contributed by atoms with Crippen LogP contribution in [0.3, 0.4) is 0 Å². The normalized spacial score (nSPS) is 10.5. The van der Waals surface area contributed by atoms with Gasteiger partial charge in [0.05, 0.1) is 9.47 Å². The molecule has 5 heteroatoms. The number of thiophene rings is 1. The number of hydrogen-bond donors (Lipinski definition) is 2. The summed E-state index contributed by atoms with van der Waals surface area (Å²) >= 11 is 5.16. The molecular formula is C14H16BrN3S. The van der Waals surface area contributed by atoms with E-state index in [2.05, 4.69) is 32.3 Å². The highest BCUT2D eigenvalue weighted by atomic mass is 79.9. The minimum absolute atomic E-state index is 0.108. The third-order valence-electron chi connectivity index (χ3n) is 2.95. The van der Waals surface area contributed by atoms with Crippen molar-refractivity contribution >= 4 is 38.8 Å². The molecular weight excluding hydrogens is 322 g/mol. The maximum Gasteiger partial charge on any atom is 0.124 e. The van der Waals surface area contributed by atoms with Crippen molar-refractivity contribution in [1.29, 1.82) is 5.41 Å². The largest absolute Gasteiger partial charge is 0.384 e. The van der Waals surface area contributed by atoms with Crippen molar-refractivity contribution in [2.24, 2.45) is 5.73 Å². The molecule has 100 valence electrons. The lowest BCUT2D eigenvalue weighted by Gasteiger charge is -2.24. The van der Waals surface area contributed by atoms with E-state index in [1.807, 2.05) is 32.2 Å². The van der Waals surface area contributed by atoms with Gasteiger partial charge in [-0.15, -0.1) is 11.3 Å². The molecule has 0 unspecified atom stereocenters. The number of benzene rings is 1. The summed E-state index contributed by atoms with van der Waals surface area (Å²) in [5.41, 5.74) is 9.86. The highest BCUT2D eigenvalue weighted by Crippen LogP contribution is 2.27. The van der Waals surface area contributed by atoms with Gasteiger partial charge in [0.25, 0.3) is 0 Å². The number of anilines is 1. The molecule has 0 bridgehead atoms. The van der Waals surface area contributed by atoms with Crippen LogP contribution in [0, 0.1) is 12.3 Å². The molecule has 0 aliphatic carbocycles. The van der Waals surface area contributed by atoms with E-state index in [1.54, 1.807) is 11.3 Å². The van der Waals surface area contributed by atoms with Crippen molar-refractivity contribution in [2.45, 2.75) is 13.5 Å². The van der Waals surface area contributed by atoms with Crippen LogP contribution in [-0.2, 0) is 6.54 Å². The van der Waals surface area contributed by atoms with Crippen molar-refractivity contribution in [3.63, 3.8) is 0 Å². The average molecular weight is 338 g/mol. The molecule has 0 fully saturated rings. The van der Waals surface area contributed by atoms with E-state index in [4.69, 9.17) is 11.1 Å². The molecule has 2 rings (SSSR count). The second-order valence-electron chi connectivity index (χ2n) is 4.50. The number of halogens is 1. The molecule has 1 aromatic carbocycles. The second kappa shape index (κ2) is 5.75. The van der Waals surface area contributed by atoms with Crippen molar-refractivity contribution in [2.75, 3.05) is 11.9 Å². The second-order valence-corrected chi connectivity index (χ2v) is 6.79. The van der Waals surface area contributed by atoms with Crippen molar-refractivity contribution < 1.29 is 0 Å². The number of nitrogens with one attached hydrogen (secondary N) is 1. The summed E-state index contributed by atoms with van der Waals surface area (Å²) in [7, 11) is 2.03. The van der Waals surface area contributed by atoms with E-state index in [9.17, 15) is 0 Å². The molecule has 0 atom stereocenters. The first-order chi connectivity index (χ1) is 8.99. The Morgan fingerprint density at radius 1 is 1.47 bits per heavy atom. The fourth-order valence-corrected chi connectivity index (χ4v) is 3.36. The van der Waals surface area contributed by atoms with Gasteiger partial charge in [-0.3, -0.25) is 5.41 Å². The Morgan fingerprint density at radius 2 is 2.21 bits per heavy atom. The Labute approximate surface area is 125 Å². The Kier molecular flexibility index (Phi) is 4.27. The fraction of sp³-hybridized carbons (Fsp3) is 0.214. The van der Waals surface area contributed by atoms with E-state index in [1.165, 1.54) is 5.56 Å². The summed E-state index contributed by atoms with van der Waals surface area (Å²) in [6.45, 7) is 2.84. The van der Waals surface area contributed by atoms with E-state index >= 15 is 0 Å². The van der Waals surface area contributed by atoms with Gasteiger partial charge in [-0.1, -0.05) is 12.1 Å². The van der Waals surface area contributed by atoms with E-state index in [0.29, 0.717) is 0 Å². The van der Waals surface area contributed by atoms with E-state index in [-0.39, 0.29) is 5.84 Å². The van der Waals surface area contributed by atoms with E-state index in [0.717, 1.165) is 27.1 Å². The first kappa shape index (κ1) is 14.1. The number of nitrogen functional groups attached to an aromatic ring is 1. The number of hydrogen-bond acceptors (Lipinski definition) is 3. The molecule has 0 aliphatic rings. The number of rotatable bonds is 4. The van der Waals surface area contributed by atoms with Crippen molar-refractivity contribution in [3.05, 3.63) is 50.1 Å². The molecule has 0 radical (unpaired) electrons. The zero-order chi connectivity index (χ0) is 14.0. The molecule has 19 heavy (non-hydrogen) atoms. The Bertz CT molecular complexity index is 606. The molecule has 0 aliphatic heterocycles. The predicted octanol–water partition coefficient (Wildman–Crippen LogP) is 3.74. The molecule has 1 heterocycles. The Hall–Kier alpha value is -1.33. The summed E-state index contributed by atoms with van der Waals surface area (Å²) < 4.78 is 1.13. The van der Waals surface area contributed by atoms with Gasteiger partial charge >= 0.3 is 0 Å². The van der Waals surface area contributed by atoms with E-state index < -0.39 is 0 Å². The van der Waals surface area contributed by atoms with Gasteiger partial charge in [-0.05, 0) is 51.5 Å². The van der Waals surface area contributed by atoms with Crippen LogP contribution in [-0.4, -0.2) is 12.9 Å². The first-order valence-electron chi connectivity index (χ1n) is 5.87. The molecule has 0 saturated carbocycles.